The summed E-state index contributed by atoms with van der Waals surface area (Å²) in [6.45, 7) is 7.11. The SMILES string of the molecule is C=C(C)[C@@H]1[C@@H](CCCc2ccc(C(=O)OC)s2)[C@H](Cl)C[C@H]1OC1CCCCO1. The molecule has 0 spiro atoms. The zero-order valence-corrected chi connectivity index (χ0v) is 18.4. The number of hydrogen-bond donors (Lipinski definition) is 0. The van der Waals surface area contributed by atoms with Crippen molar-refractivity contribution in [2.45, 2.75) is 69.6 Å². The van der Waals surface area contributed by atoms with Gasteiger partial charge in [-0.15, -0.1) is 22.9 Å². The highest BCUT2D eigenvalue weighted by Gasteiger charge is 2.44. The molecule has 0 bridgehead atoms. The van der Waals surface area contributed by atoms with Crippen molar-refractivity contribution >= 4 is 28.9 Å². The van der Waals surface area contributed by atoms with Crippen molar-refractivity contribution in [2.24, 2.45) is 11.8 Å². The quantitative estimate of drug-likeness (QED) is 0.309. The lowest BCUT2D eigenvalue weighted by atomic mass is 9.85. The molecule has 1 aromatic heterocycles. The number of esters is 1. The monoisotopic (exact) mass is 426 g/mol. The molecule has 1 unspecified atom stereocenters. The highest BCUT2D eigenvalue weighted by molar-refractivity contribution is 7.13. The number of alkyl halides is 1. The minimum Gasteiger partial charge on any atom is -0.465 e. The standard InChI is InChI=1S/C22H31ClO4S/c1-14(2)21-16(8-6-7-15-10-11-19(28-15)22(24)25-3)17(23)13-18(21)27-20-9-4-5-12-26-20/h10-11,16-18,20-21H,1,4-9,12-13H2,2-3H3/t16-,17+,18+,20?,21+/m0/s1. The molecule has 2 fully saturated rings. The third kappa shape index (κ3) is 5.38. The van der Waals surface area contributed by atoms with E-state index in [1.54, 1.807) is 0 Å². The minimum absolute atomic E-state index is 0.0916. The van der Waals surface area contributed by atoms with Crippen LogP contribution in [0.4, 0.5) is 0 Å². The first-order valence-corrected chi connectivity index (χ1v) is 11.5. The second-order valence-electron chi connectivity index (χ2n) is 7.91. The number of rotatable bonds is 8. The number of ether oxygens (including phenoxy) is 3. The Morgan fingerprint density at radius 3 is 2.89 bits per heavy atom. The number of methoxy groups -OCH3 is 1. The first kappa shape index (κ1) is 21.8. The van der Waals surface area contributed by atoms with Gasteiger partial charge in [0, 0.05) is 22.8 Å². The first-order chi connectivity index (χ1) is 13.5. The Labute approximate surface area is 177 Å². The van der Waals surface area contributed by atoms with Gasteiger partial charge in [-0.25, -0.2) is 4.79 Å². The topological polar surface area (TPSA) is 44.8 Å². The zero-order valence-electron chi connectivity index (χ0n) is 16.8. The number of aryl methyl sites for hydroxylation is 1. The van der Waals surface area contributed by atoms with Crippen LogP contribution in [0.2, 0.25) is 0 Å². The second-order valence-corrected chi connectivity index (χ2v) is 9.64. The molecule has 28 heavy (non-hydrogen) atoms. The van der Waals surface area contributed by atoms with Gasteiger partial charge in [0.1, 0.15) is 4.88 Å². The highest BCUT2D eigenvalue weighted by atomic mass is 35.5. The zero-order chi connectivity index (χ0) is 20.1. The molecule has 1 saturated heterocycles. The van der Waals surface area contributed by atoms with Gasteiger partial charge in [-0.2, -0.15) is 0 Å². The summed E-state index contributed by atoms with van der Waals surface area (Å²) in [4.78, 5) is 13.5. The van der Waals surface area contributed by atoms with Crippen LogP contribution in [0.3, 0.4) is 0 Å². The Kier molecular flexibility index (Phi) is 7.98. The molecule has 0 radical (unpaired) electrons. The van der Waals surface area contributed by atoms with Gasteiger partial charge in [-0.1, -0.05) is 12.2 Å². The van der Waals surface area contributed by atoms with Crippen molar-refractivity contribution in [3.63, 3.8) is 0 Å². The number of carbonyl (C=O) groups excluding carboxylic acids is 1. The maximum absolute atomic E-state index is 11.6. The number of thiophene rings is 1. The van der Waals surface area contributed by atoms with Gasteiger partial charge >= 0.3 is 5.97 Å². The smallest absolute Gasteiger partial charge is 0.348 e. The van der Waals surface area contributed by atoms with Crippen molar-refractivity contribution < 1.29 is 19.0 Å². The molecule has 2 heterocycles. The lowest BCUT2D eigenvalue weighted by Crippen LogP contribution is -2.31. The summed E-state index contributed by atoms with van der Waals surface area (Å²) in [5.41, 5.74) is 1.15. The van der Waals surface area contributed by atoms with E-state index in [0.29, 0.717) is 10.8 Å². The Bertz CT molecular complexity index is 667. The van der Waals surface area contributed by atoms with E-state index in [4.69, 9.17) is 25.8 Å². The van der Waals surface area contributed by atoms with Gasteiger partial charge in [-0.05, 0) is 69.9 Å². The molecule has 156 valence electrons. The molecule has 1 aliphatic carbocycles. The molecule has 0 N–H and O–H groups in total. The largest absolute Gasteiger partial charge is 0.465 e. The summed E-state index contributed by atoms with van der Waals surface area (Å²) in [6.07, 6.45) is 7.13. The fourth-order valence-electron chi connectivity index (χ4n) is 4.48. The molecule has 5 atom stereocenters. The average Bonchev–Trinajstić information content (AvgIpc) is 3.27. The van der Waals surface area contributed by atoms with Gasteiger partial charge in [-0.3, -0.25) is 0 Å². The third-order valence-electron chi connectivity index (χ3n) is 5.83. The predicted octanol–water partition coefficient (Wildman–Crippen LogP) is 5.59. The summed E-state index contributed by atoms with van der Waals surface area (Å²) in [6, 6.07) is 3.86. The summed E-state index contributed by atoms with van der Waals surface area (Å²) in [5, 5.41) is 0.101. The molecule has 0 amide bonds. The van der Waals surface area contributed by atoms with Crippen molar-refractivity contribution in [1.29, 1.82) is 0 Å². The van der Waals surface area contributed by atoms with E-state index in [9.17, 15) is 4.79 Å². The normalized spacial score (nSPS) is 30.3. The number of hydrogen-bond acceptors (Lipinski definition) is 5. The Morgan fingerprint density at radius 2 is 2.21 bits per heavy atom. The molecule has 6 heteroatoms. The van der Waals surface area contributed by atoms with Crippen LogP contribution in [-0.2, 0) is 20.6 Å². The molecular weight excluding hydrogens is 396 g/mol. The van der Waals surface area contributed by atoms with Crippen molar-refractivity contribution in [1.82, 2.24) is 0 Å². The second kappa shape index (κ2) is 10.2. The van der Waals surface area contributed by atoms with Crippen molar-refractivity contribution in [3.8, 4) is 0 Å². The molecule has 1 saturated carbocycles. The van der Waals surface area contributed by atoms with E-state index in [0.717, 1.165) is 57.1 Å². The molecule has 3 rings (SSSR count). The summed E-state index contributed by atoms with van der Waals surface area (Å²) in [5.74, 6) is 0.384. The Morgan fingerprint density at radius 1 is 1.39 bits per heavy atom. The Balaban J connectivity index is 1.55. The highest BCUT2D eigenvalue weighted by Crippen LogP contribution is 2.44. The lowest BCUT2D eigenvalue weighted by Gasteiger charge is -2.31. The molecule has 4 nitrogen and oxygen atoms in total. The summed E-state index contributed by atoms with van der Waals surface area (Å²) >= 11 is 8.27. The minimum atomic E-state index is -0.264. The fourth-order valence-corrected chi connectivity index (χ4v) is 5.90. The maximum atomic E-state index is 11.6. The average molecular weight is 427 g/mol. The van der Waals surface area contributed by atoms with Crippen molar-refractivity contribution in [2.75, 3.05) is 13.7 Å². The van der Waals surface area contributed by atoms with E-state index >= 15 is 0 Å². The molecule has 1 aliphatic heterocycles. The van der Waals surface area contributed by atoms with Crippen molar-refractivity contribution in [3.05, 3.63) is 34.0 Å². The van der Waals surface area contributed by atoms with E-state index < -0.39 is 0 Å². The number of halogens is 1. The summed E-state index contributed by atoms with van der Waals surface area (Å²) < 4.78 is 16.9. The van der Waals surface area contributed by atoms with Crippen LogP contribution in [-0.4, -0.2) is 37.5 Å². The van der Waals surface area contributed by atoms with Gasteiger partial charge in [0.25, 0.3) is 0 Å². The van der Waals surface area contributed by atoms with Crippen LogP contribution in [0.15, 0.2) is 24.3 Å². The number of carbonyl (C=O) groups is 1. The van der Waals surface area contributed by atoms with Crippen LogP contribution in [0, 0.1) is 11.8 Å². The molecular formula is C22H31ClO4S. The van der Waals surface area contributed by atoms with E-state index in [1.807, 2.05) is 12.1 Å². The van der Waals surface area contributed by atoms with Gasteiger partial charge in [0.2, 0.25) is 0 Å². The summed E-state index contributed by atoms with van der Waals surface area (Å²) in [7, 11) is 1.41. The molecule has 2 aliphatic rings. The lowest BCUT2D eigenvalue weighted by molar-refractivity contribution is -0.193. The van der Waals surface area contributed by atoms with Gasteiger partial charge < -0.3 is 14.2 Å². The van der Waals surface area contributed by atoms with Crippen LogP contribution in [0.1, 0.15) is 60.0 Å². The van der Waals surface area contributed by atoms with Crippen LogP contribution >= 0.6 is 22.9 Å². The van der Waals surface area contributed by atoms with Gasteiger partial charge in [0.05, 0.1) is 13.2 Å². The van der Waals surface area contributed by atoms with Crippen LogP contribution in [0.25, 0.3) is 0 Å². The third-order valence-corrected chi connectivity index (χ3v) is 7.45. The maximum Gasteiger partial charge on any atom is 0.348 e. The fraction of sp³-hybridized carbons (Fsp3) is 0.682. The predicted molar refractivity (Wildman–Crippen MR) is 113 cm³/mol. The molecule has 1 aromatic rings. The van der Waals surface area contributed by atoms with Crippen LogP contribution < -0.4 is 0 Å². The first-order valence-electron chi connectivity index (χ1n) is 10.2. The van der Waals surface area contributed by atoms with E-state index in [-0.39, 0.29) is 29.7 Å². The van der Waals surface area contributed by atoms with Gasteiger partial charge in [0.15, 0.2) is 6.29 Å². The van der Waals surface area contributed by atoms with E-state index in [1.165, 1.54) is 23.3 Å². The van der Waals surface area contributed by atoms with Crippen LogP contribution in [0.5, 0.6) is 0 Å². The molecule has 0 aromatic carbocycles. The Hall–Kier alpha value is -0.880. The van der Waals surface area contributed by atoms with E-state index in [2.05, 4.69) is 13.5 Å².